The zero-order chi connectivity index (χ0) is 19.2. The number of hydrogen-bond donors (Lipinski definition) is 3. The number of nitrogens with one attached hydrogen (secondary N) is 1. The molecule has 0 spiro atoms. The van der Waals surface area contributed by atoms with E-state index in [1.54, 1.807) is 0 Å². The van der Waals surface area contributed by atoms with Gasteiger partial charge in [-0.25, -0.2) is 13.1 Å². The number of hydrogen-bond acceptors (Lipinski definition) is 5. The van der Waals surface area contributed by atoms with E-state index < -0.39 is 34.4 Å². The minimum Gasteiger partial charge on any atom is -0.482 e. The SMILES string of the molecule is CC(C)CC(CNS(=O)(=O)c1cc(Cl)ccc1OCC(N)=O)C(=O)O. The van der Waals surface area contributed by atoms with E-state index in [1.165, 1.54) is 12.1 Å². The van der Waals surface area contributed by atoms with Crippen LogP contribution in [0.15, 0.2) is 23.1 Å². The number of benzene rings is 1. The molecular formula is C15H21ClN2O6S. The van der Waals surface area contributed by atoms with Crippen molar-refractivity contribution in [1.82, 2.24) is 4.72 Å². The van der Waals surface area contributed by atoms with E-state index >= 15 is 0 Å². The molecule has 140 valence electrons. The first-order chi connectivity index (χ1) is 11.5. The third kappa shape index (κ3) is 6.89. The molecule has 8 nitrogen and oxygen atoms in total. The van der Waals surface area contributed by atoms with Gasteiger partial charge in [0.15, 0.2) is 6.61 Å². The van der Waals surface area contributed by atoms with Crippen molar-refractivity contribution in [3.63, 3.8) is 0 Å². The molecule has 0 aliphatic heterocycles. The number of nitrogens with two attached hydrogens (primary N) is 1. The molecule has 25 heavy (non-hydrogen) atoms. The molecule has 0 radical (unpaired) electrons. The van der Waals surface area contributed by atoms with Gasteiger partial charge in [0.2, 0.25) is 10.0 Å². The summed E-state index contributed by atoms with van der Waals surface area (Å²) >= 11 is 5.83. The van der Waals surface area contributed by atoms with E-state index in [1.807, 2.05) is 13.8 Å². The number of carbonyl (C=O) groups is 2. The Bertz CT molecular complexity index is 736. The van der Waals surface area contributed by atoms with Crippen molar-refractivity contribution in [2.24, 2.45) is 17.6 Å². The summed E-state index contributed by atoms with van der Waals surface area (Å²) in [7, 11) is -4.10. The summed E-state index contributed by atoms with van der Waals surface area (Å²) in [6, 6.07) is 3.84. The van der Waals surface area contributed by atoms with Gasteiger partial charge in [0, 0.05) is 11.6 Å². The summed E-state index contributed by atoms with van der Waals surface area (Å²) < 4.78 is 32.4. The van der Waals surface area contributed by atoms with Crippen molar-refractivity contribution in [3.8, 4) is 5.75 Å². The molecule has 0 heterocycles. The number of carboxylic acids is 1. The van der Waals surface area contributed by atoms with Crippen molar-refractivity contribution in [2.45, 2.75) is 25.2 Å². The van der Waals surface area contributed by atoms with Gasteiger partial charge < -0.3 is 15.6 Å². The van der Waals surface area contributed by atoms with Gasteiger partial charge in [-0.2, -0.15) is 0 Å². The molecule has 0 saturated heterocycles. The Morgan fingerprint density at radius 3 is 2.52 bits per heavy atom. The first-order valence-electron chi connectivity index (χ1n) is 7.46. The highest BCUT2D eigenvalue weighted by Crippen LogP contribution is 2.27. The van der Waals surface area contributed by atoms with Crippen molar-refractivity contribution in [1.29, 1.82) is 0 Å². The Hall–Kier alpha value is -1.84. The fraction of sp³-hybridized carbons (Fsp3) is 0.467. The number of sulfonamides is 1. The molecular weight excluding hydrogens is 372 g/mol. The number of carboxylic acid groups (broad SMARTS) is 1. The summed E-state index contributed by atoms with van der Waals surface area (Å²) in [4.78, 5) is 21.8. The van der Waals surface area contributed by atoms with E-state index in [2.05, 4.69) is 4.72 Å². The van der Waals surface area contributed by atoms with Gasteiger partial charge in [-0.05, 0) is 30.5 Å². The van der Waals surface area contributed by atoms with Crippen molar-refractivity contribution >= 4 is 33.5 Å². The van der Waals surface area contributed by atoms with Gasteiger partial charge >= 0.3 is 5.97 Å². The smallest absolute Gasteiger partial charge is 0.307 e. The van der Waals surface area contributed by atoms with Gasteiger partial charge in [-0.15, -0.1) is 0 Å². The Morgan fingerprint density at radius 1 is 1.36 bits per heavy atom. The summed E-state index contributed by atoms with van der Waals surface area (Å²) in [5.41, 5.74) is 4.99. The lowest BCUT2D eigenvalue weighted by Crippen LogP contribution is -2.34. The number of rotatable bonds is 10. The minimum absolute atomic E-state index is 0.0891. The average Bonchev–Trinajstić information content (AvgIpc) is 2.49. The lowest BCUT2D eigenvalue weighted by Gasteiger charge is -2.17. The molecule has 1 unspecified atom stereocenters. The van der Waals surface area contributed by atoms with E-state index in [0.29, 0.717) is 6.42 Å². The number of amides is 1. The van der Waals surface area contributed by atoms with Crippen LogP contribution < -0.4 is 15.2 Å². The van der Waals surface area contributed by atoms with Crippen LogP contribution >= 0.6 is 11.6 Å². The number of carbonyl (C=O) groups excluding carboxylic acids is 1. The fourth-order valence-corrected chi connectivity index (χ4v) is 3.58. The highest BCUT2D eigenvalue weighted by atomic mass is 35.5. The third-order valence-electron chi connectivity index (χ3n) is 3.19. The first kappa shape index (κ1) is 21.2. The van der Waals surface area contributed by atoms with E-state index in [-0.39, 0.29) is 28.1 Å². The lowest BCUT2D eigenvalue weighted by molar-refractivity contribution is -0.142. The summed E-state index contributed by atoms with van der Waals surface area (Å²) in [5, 5.41) is 9.34. The highest BCUT2D eigenvalue weighted by molar-refractivity contribution is 7.89. The van der Waals surface area contributed by atoms with Crippen LogP contribution in [0.5, 0.6) is 5.75 Å². The molecule has 0 fully saturated rings. The van der Waals surface area contributed by atoms with Crippen LogP contribution in [0.3, 0.4) is 0 Å². The summed E-state index contributed by atoms with van der Waals surface area (Å²) in [6.45, 7) is 2.90. The zero-order valence-electron chi connectivity index (χ0n) is 13.9. The molecule has 0 aromatic heterocycles. The molecule has 10 heteroatoms. The maximum absolute atomic E-state index is 12.5. The van der Waals surface area contributed by atoms with Gasteiger partial charge in [0.25, 0.3) is 5.91 Å². The van der Waals surface area contributed by atoms with Crippen molar-refractivity contribution in [2.75, 3.05) is 13.2 Å². The van der Waals surface area contributed by atoms with E-state index in [9.17, 15) is 23.1 Å². The maximum atomic E-state index is 12.5. The Balaban J connectivity index is 3.02. The van der Waals surface area contributed by atoms with E-state index in [0.717, 1.165) is 6.07 Å². The highest BCUT2D eigenvalue weighted by Gasteiger charge is 2.25. The average molecular weight is 393 g/mol. The molecule has 0 bridgehead atoms. The summed E-state index contributed by atoms with van der Waals surface area (Å²) in [5.74, 6) is -2.75. The second kappa shape index (κ2) is 9.02. The first-order valence-corrected chi connectivity index (χ1v) is 9.32. The Morgan fingerprint density at radius 2 is 2.00 bits per heavy atom. The molecule has 4 N–H and O–H groups in total. The van der Waals surface area contributed by atoms with Crippen LogP contribution in [0.4, 0.5) is 0 Å². The van der Waals surface area contributed by atoms with Crippen LogP contribution in [0.1, 0.15) is 20.3 Å². The molecule has 0 aliphatic rings. The Kier molecular flexibility index (Phi) is 7.65. The van der Waals surface area contributed by atoms with Crippen LogP contribution in [-0.2, 0) is 19.6 Å². The number of halogens is 1. The maximum Gasteiger partial charge on any atom is 0.307 e. The Labute approximate surface area is 151 Å². The predicted octanol–water partition coefficient (Wildman–Crippen LogP) is 1.23. The molecule has 1 atom stereocenters. The third-order valence-corrected chi connectivity index (χ3v) is 4.87. The molecule has 1 aromatic carbocycles. The largest absolute Gasteiger partial charge is 0.482 e. The van der Waals surface area contributed by atoms with Crippen molar-refractivity contribution < 1.29 is 27.9 Å². The predicted molar refractivity (Wildman–Crippen MR) is 91.9 cm³/mol. The van der Waals surface area contributed by atoms with Crippen molar-refractivity contribution in [3.05, 3.63) is 23.2 Å². The minimum atomic E-state index is -4.10. The second-order valence-electron chi connectivity index (χ2n) is 5.86. The number of ether oxygens (including phenoxy) is 1. The van der Waals surface area contributed by atoms with E-state index in [4.69, 9.17) is 22.1 Å². The number of primary amides is 1. The summed E-state index contributed by atoms with van der Waals surface area (Å²) in [6.07, 6.45) is 0.318. The molecule has 0 aliphatic carbocycles. The normalized spacial score (nSPS) is 12.8. The molecule has 1 amide bonds. The van der Waals surface area contributed by atoms with Gasteiger partial charge in [-0.1, -0.05) is 25.4 Å². The second-order valence-corrected chi connectivity index (χ2v) is 8.03. The van der Waals surface area contributed by atoms with Gasteiger partial charge in [-0.3, -0.25) is 9.59 Å². The standard InChI is InChI=1S/C15H21ClN2O6S/c1-9(2)5-10(15(20)21)7-18-25(22,23)13-6-11(16)3-4-12(13)24-8-14(17)19/h3-4,6,9-10,18H,5,7-8H2,1-2H3,(H2,17,19)(H,20,21). The van der Waals surface area contributed by atoms with Crippen LogP contribution in [0.2, 0.25) is 5.02 Å². The van der Waals surface area contributed by atoms with Crippen LogP contribution in [0, 0.1) is 11.8 Å². The van der Waals surface area contributed by atoms with Gasteiger partial charge in [0.05, 0.1) is 5.92 Å². The molecule has 0 saturated carbocycles. The molecule has 1 aromatic rings. The topological polar surface area (TPSA) is 136 Å². The fourth-order valence-electron chi connectivity index (χ4n) is 2.09. The molecule has 1 rings (SSSR count). The quantitative estimate of drug-likeness (QED) is 0.547. The lowest BCUT2D eigenvalue weighted by atomic mass is 9.98. The monoisotopic (exact) mass is 392 g/mol. The van der Waals surface area contributed by atoms with Crippen LogP contribution in [0.25, 0.3) is 0 Å². The zero-order valence-corrected chi connectivity index (χ0v) is 15.4. The van der Waals surface area contributed by atoms with Gasteiger partial charge in [0.1, 0.15) is 10.6 Å². The number of aliphatic carboxylic acids is 1. The van der Waals surface area contributed by atoms with Crippen LogP contribution in [-0.4, -0.2) is 38.6 Å².